The largest absolute Gasteiger partial charge is 0.271 e. The number of rotatable bonds is 3. The zero-order valence-corrected chi connectivity index (χ0v) is 14.8. The molecule has 0 saturated heterocycles. The summed E-state index contributed by atoms with van der Waals surface area (Å²) in [7, 11) is 0. The number of hydrazone groups is 1. The highest BCUT2D eigenvalue weighted by atomic mass is 79.9. The van der Waals surface area contributed by atoms with Crippen LogP contribution in [0.1, 0.15) is 42.6 Å². The molecular formula is C18H21BrN2O. The lowest BCUT2D eigenvalue weighted by Crippen LogP contribution is -2.23. The average Bonchev–Trinajstić information content (AvgIpc) is 2.48. The summed E-state index contributed by atoms with van der Waals surface area (Å²) in [6, 6.07) is 5.52. The number of nitrogens with one attached hydrogen (secondary N) is 1. The van der Waals surface area contributed by atoms with Crippen molar-refractivity contribution in [1.82, 2.24) is 5.43 Å². The van der Waals surface area contributed by atoms with E-state index in [0.29, 0.717) is 11.5 Å². The maximum atomic E-state index is 12.2. The Labute approximate surface area is 140 Å². The van der Waals surface area contributed by atoms with Crippen molar-refractivity contribution in [1.29, 1.82) is 0 Å². The van der Waals surface area contributed by atoms with Gasteiger partial charge in [0.1, 0.15) is 0 Å². The van der Waals surface area contributed by atoms with Crippen LogP contribution in [-0.4, -0.2) is 11.6 Å². The Hall–Kier alpha value is -1.68. The number of aryl methyl sites for hydroxylation is 1. The molecule has 0 unspecified atom stereocenters. The van der Waals surface area contributed by atoms with Crippen LogP contribution >= 0.6 is 15.9 Å². The van der Waals surface area contributed by atoms with Gasteiger partial charge in [0.2, 0.25) is 0 Å². The Morgan fingerprint density at radius 2 is 2.14 bits per heavy atom. The van der Waals surface area contributed by atoms with Gasteiger partial charge < -0.3 is 0 Å². The van der Waals surface area contributed by atoms with Gasteiger partial charge in [-0.05, 0) is 62.8 Å². The Kier molecular flexibility index (Phi) is 5.35. The van der Waals surface area contributed by atoms with Crippen LogP contribution in [0.25, 0.3) is 0 Å². The lowest BCUT2D eigenvalue weighted by Gasteiger charge is -2.22. The Bertz CT molecular complexity index is 674. The highest BCUT2D eigenvalue weighted by Gasteiger charge is 2.19. The van der Waals surface area contributed by atoms with Crippen LogP contribution in [0, 0.1) is 12.8 Å². The third-order valence-electron chi connectivity index (χ3n) is 4.03. The van der Waals surface area contributed by atoms with Crippen molar-refractivity contribution in [2.45, 2.75) is 33.6 Å². The van der Waals surface area contributed by atoms with Gasteiger partial charge in [-0.25, -0.2) is 5.43 Å². The maximum Gasteiger partial charge on any atom is 0.271 e. The van der Waals surface area contributed by atoms with Crippen LogP contribution in [0.15, 0.2) is 51.6 Å². The molecule has 0 aliphatic heterocycles. The standard InChI is InChI=1S/C18H21BrN2O/c1-11(2)14-7-6-13(4)17(10-14)20-21-18(22)15-8-5-12(3)16(19)9-15/h5-6,8-9,14H,1,7,10H2,2-4H3,(H,21,22)/b20-17-/t14-/m1/s1. The number of hydrogen-bond donors (Lipinski definition) is 1. The first-order valence-electron chi connectivity index (χ1n) is 7.34. The predicted octanol–water partition coefficient (Wildman–Crippen LogP) is 4.78. The molecule has 0 saturated carbocycles. The second kappa shape index (κ2) is 7.05. The molecule has 0 fully saturated rings. The highest BCUT2D eigenvalue weighted by Crippen LogP contribution is 2.26. The number of carbonyl (C=O) groups is 1. The van der Waals surface area contributed by atoms with Crippen molar-refractivity contribution in [2.75, 3.05) is 0 Å². The van der Waals surface area contributed by atoms with Crippen LogP contribution in [-0.2, 0) is 0 Å². The van der Waals surface area contributed by atoms with Gasteiger partial charge in [0, 0.05) is 10.0 Å². The normalized spacial score (nSPS) is 19.7. The molecule has 0 spiro atoms. The molecule has 1 aliphatic rings. The molecule has 1 N–H and O–H groups in total. The minimum absolute atomic E-state index is 0.196. The van der Waals surface area contributed by atoms with E-state index in [4.69, 9.17) is 0 Å². The van der Waals surface area contributed by atoms with Gasteiger partial charge in [-0.2, -0.15) is 5.10 Å². The molecule has 1 amide bonds. The quantitative estimate of drug-likeness (QED) is 0.611. The van der Waals surface area contributed by atoms with Gasteiger partial charge >= 0.3 is 0 Å². The summed E-state index contributed by atoms with van der Waals surface area (Å²) in [6.45, 7) is 10.1. The molecule has 1 atom stereocenters. The van der Waals surface area contributed by atoms with E-state index in [0.717, 1.165) is 39.7 Å². The molecule has 0 bridgehead atoms. The summed E-state index contributed by atoms with van der Waals surface area (Å²) >= 11 is 3.44. The molecule has 2 rings (SSSR count). The van der Waals surface area contributed by atoms with E-state index in [-0.39, 0.29) is 5.91 Å². The minimum Gasteiger partial charge on any atom is -0.267 e. The molecule has 3 nitrogen and oxygen atoms in total. The second-order valence-electron chi connectivity index (χ2n) is 5.83. The molecule has 1 aliphatic carbocycles. The van der Waals surface area contributed by atoms with Gasteiger partial charge in [-0.15, -0.1) is 0 Å². The van der Waals surface area contributed by atoms with E-state index in [2.05, 4.69) is 39.1 Å². The predicted molar refractivity (Wildman–Crippen MR) is 95.1 cm³/mol. The Morgan fingerprint density at radius 1 is 1.41 bits per heavy atom. The number of carbonyl (C=O) groups excluding carboxylic acids is 1. The molecule has 0 aromatic heterocycles. The van der Waals surface area contributed by atoms with Crippen LogP contribution in [0.4, 0.5) is 0 Å². The molecule has 0 radical (unpaired) electrons. The van der Waals surface area contributed by atoms with Gasteiger partial charge in [0.25, 0.3) is 5.91 Å². The topological polar surface area (TPSA) is 41.5 Å². The first-order chi connectivity index (χ1) is 10.4. The highest BCUT2D eigenvalue weighted by molar-refractivity contribution is 9.10. The molecular weight excluding hydrogens is 340 g/mol. The number of nitrogens with zero attached hydrogens (tertiary/aromatic N) is 1. The van der Waals surface area contributed by atoms with E-state index in [1.54, 1.807) is 6.07 Å². The average molecular weight is 361 g/mol. The van der Waals surface area contributed by atoms with Crippen LogP contribution < -0.4 is 5.43 Å². The van der Waals surface area contributed by atoms with E-state index in [1.165, 1.54) is 0 Å². The van der Waals surface area contributed by atoms with Gasteiger partial charge in [0.15, 0.2) is 0 Å². The summed E-state index contributed by atoms with van der Waals surface area (Å²) in [5.41, 5.74) is 7.57. The van der Waals surface area contributed by atoms with Crippen LogP contribution in [0.3, 0.4) is 0 Å². The fraction of sp³-hybridized carbons (Fsp3) is 0.333. The van der Waals surface area contributed by atoms with E-state index < -0.39 is 0 Å². The van der Waals surface area contributed by atoms with Crippen molar-refractivity contribution < 1.29 is 4.79 Å². The number of amides is 1. The molecule has 116 valence electrons. The lowest BCUT2D eigenvalue weighted by atomic mass is 9.85. The third-order valence-corrected chi connectivity index (χ3v) is 4.88. The van der Waals surface area contributed by atoms with Crippen molar-refractivity contribution in [3.05, 3.63) is 57.6 Å². The van der Waals surface area contributed by atoms with Crippen molar-refractivity contribution in [3.63, 3.8) is 0 Å². The summed E-state index contributed by atoms with van der Waals surface area (Å²) in [5, 5.41) is 4.32. The SMILES string of the molecule is C=C(C)[C@@H]1CC=C(C)/C(=N\NC(=O)c2ccc(C)c(Br)c2)C1. The van der Waals surface area contributed by atoms with E-state index in [9.17, 15) is 4.79 Å². The van der Waals surface area contributed by atoms with Gasteiger partial charge in [-0.1, -0.05) is 40.2 Å². The zero-order valence-electron chi connectivity index (χ0n) is 13.2. The zero-order chi connectivity index (χ0) is 16.3. The number of halogens is 1. The Balaban J connectivity index is 2.11. The van der Waals surface area contributed by atoms with Crippen molar-refractivity contribution >= 4 is 27.5 Å². The molecule has 4 heteroatoms. The van der Waals surface area contributed by atoms with Crippen molar-refractivity contribution in [2.24, 2.45) is 11.0 Å². The van der Waals surface area contributed by atoms with Crippen molar-refractivity contribution in [3.8, 4) is 0 Å². The van der Waals surface area contributed by atoms with Gasteiger partial charge in [0.05, 0.1) is 5.71 Å². The monoisotopic (exact) mass is 360 g/mol. The van der Waals surface area contributed by atoms with E-state index in [1.807, 2.05) is 32.9 Å². The van der Waals surface area contributed by atoms with Gasteiger partial charge in [-0.3, -0.25) is 4.79 Å². The third kappa shape index (κ3) is 3.95. The summed E-state index contributed by atoms with van der Waals surface area (Å²) < 4.78 is 0.920. The summed E-state index contributed by atoms with van der Waals surface area (Å²) in [5.74, 6) is 0.214. The first kappa shape index (κ1) is 16.7. The van der Waals surface area contributed by atoms with E-state index >= 15 is 0 Å². The fourth-order valence-corrected chi connectivity index (χ4v) is 2.72. The summed E-state index contributed by atoms with van der Waals surface area (Å²) in [4.78, 5) is 12.2. The molecule has 0 heterocycles. The lowest BCUT2D eigenvalue weighted by molar-refractivity contribution is 0.0954. The van der Waals surface area contributed by atoms with Crippen LogP contribution in [0.5, 0.6) is 0 Å². The Morgan fingerprint density at radius 3 is 2.77 bits per heavy atom. The molecule has 1 aromatic carbocycles. The second-order valence-corrected chi connectivity index (χ2v) is 6.69. The van der Waals surface area contributed by atoms with Crippen LogP contribution in [0.2, 0.25) is 0 Å². The smallest absolute Gasteiger partial charge is 0.267 e. The maximum absolute atomic E-state index is 12.2. The summed E-state index contributed by atoms with van der Waals surface area (Å²) in [6.07, 6.45) is 3.99. The minimum atomic E-state index is -0.196. The fourth-order valence-electron chi connectivity index (χ4n) is 2.34. The number of allylic oxidation sites excluding steroid dienone is 3. The number of benzene rings is 1. The molecule has 1 aromatic rings. The first-order valence-corrected chi connectivity index (χ1v) is 8.13. The molecule has 22 heavy (non-hydrogen) atoms. The number of hydrogen-bond acceptors (Lipinski definition) is 2.